The molecule has 5 nitrogen and oxygen atoms in total. The van der Waals surface area contributed by atoms with Crippen LogP contribution < -0.4 is 9.80 Å². The number of benzene rings is 2. The Morgan fingerprint density at radius 3 is 2.50 bits per heavy atom. The van der Waals surface area contributed by atoms with Gasteiger partial charge in [-0.25, -0.2) is 0 Å². The van der Waals surface area contributed by atoms with E-state index in [2.05, 4.69) is 15.9 Å². The van der Waals surface area contributed by atoms with Crippen LogP contribution in [0.15, 0.2) is 42.5 Å². The Morgan fingerprint density at radius 1 is 1.00 bits per heavy atom. The van der Waals surface area contributed by atoms with Crippen LogP contribution in [0.1, 0.15) is 15.9 Å². The summed E-state index contributed by atoms with van der Waals surface area (Å²) in [5.41, 5.74) is 3.35. The Balaban J connectivity index is 1.44. The molecule has 2 aromatic carbocycles. The Labute approximate surface area is 157 Å². The molecule has 0 aromatic heterocycles. The number of aryl methyl sites for hydroxylation is 1. The lowest BCUT2D eigenvalue weighted by molar-refractivity contribution is -0.114. The molecule has 2 heterocycles. The van der Waals surface area contributed by atoms with Crippen LogP contribution in [0.2, 0.25) is 5.02 Å². The zero-order valence-corrected chi connectivity index (χ0v) is 15.4. The minimum Gasteiger partial charge on any atom is -0.369 e. The van der Waals surface area contributed by atoms with Gasteiger partial charge in [0.25, 0.3) is 5.78 Å². The third kappa shape index (κ3) is 3.08. The van der Waals surface area contributed by atoms with Gasteiger partial charge in [-0.05, 0) is 37.3 Å². The first-order valence-corrected chi connectivity index (χ1v) is 9.10. The molecule has 0 N–H and O–H groups in total. The number of amides is 1. The van der Waals surface area contributed by atoms with E-state index in [0.717, 1.165) is 48.1 Å². The molecule has 0 saturated carbocycles. The lowest BCUT2D eigenvalue weighted by Gasteiger charge is -2.37. The van der Waals surface area contributed by atoms with E-state index in [1.807, 2.05) is 37.3 Å². The second kappa shape index (κ2) is 6.74. The summed E-state index contributed by atoms with van der Waals surface area (Å²) >= 11 is 6.08. The van der Waals surface area contributed by atoms with Crippen molar-refractivity contribution in [1.29, 1.82) is 0 Å². The van der Waals surface area contributed by atoms with Gasteiger partial charge in [0.2, 0.25) is 0 Å². The number of hydrogen-bond acceptors (Lipinski definition) is 4. The molecule has 2 aromatic rings. The van der Waals surface area contributed by atoms with Gasteiger partial charge in [0.1, 0.15) is 0 Å². The average molecular weight is 370 g/mol. The molecule has 1 fully saturated rings. The van der Waals surface area contributed by atoms with Gasteiger partial charge < -0.3 is 4.90 Å². The fourth-order valence-corrected chi connectivity index (χ4v) is 3.76. The minimum atomic E-state index is -0.428. The first-order valence-electron chi connectivity index (χ1n) is 8.72. The van der Waals surface area contributed by atoms with E-state index in [1.54, 1.807) is 11.0 Å². The van der Waals surface area contributed by atoms with Gasteiger partial charge in [0.15, 0.2) is 0 Å². The van der Waals surface area contributed by atoms with E-state index in [-0.39, 0.29) is 0 Å². The van der Waals surface area contributed by atoms with Gasteiger partial charge in [-0.3, -0.25) is 19.4 Å². The van der Waals surface area contributed by atoms with Crippen LogP contribution in [0.3, 0.4) is 0 Å². The zero-order valence-electron chi connectivity index (χ0n) is 14.6. The van der Waals surface area contributed by atoms with E-state index >= 15 is 0 Å². The summed E-state index contributed by atoms with van der Waals surface area (Å²) in [6.45, 7) is 5.74. The van der Waals surface area contributed by atoms with E-state index in [4.69, 9.17) is 11.6 Å². The molecule has 2 aliphatic rings. The number of rotatable bonds is 3. The maximum absolute atomic E-state index is 12.4. The Hall–Kier alpha value is -2.37. The summed E-state index contributed by atoms with van der Waals surface area (Å²) in [4.78, 5) is 30.7. The fraction of sp³-hybridized carbons (Fsp3) is 0.300. The molecule has 1 amide bonds. The molecule has 0 unspecified atom stereocenters. The summed E-state index contributed by atoms with van der Waals surface area (Å²) in [6, 6.07) is 13.5. The lowest BCUT2D eigenvalue weighted by Crippen LogP contribution is -2.51. The average Bonchev–Trinajstić information content (AvgIpc) is 2.87. The molecule has 0 atom stereocenters. The van der Waals surface area contributed by atoms with Gasteiger partial charge in [-0.2, -0.15) is 0 Å². The lowest BCUT2D eigenvalue weighted by atomic mass is 10.1. The maximum atomic E-state index is 12.4. The van der Waals surface area contributed by atoms with Crippen LogP contribution in [0, 0.1) is 6.92 Å². The van der Waals surface area contributed by atoms with Gasteiger partial charge >= 0.3 is 5.91 Å². The molecule has 1 saturated heterocycles. The molecule has 0 spiro atoms. The number of hydrogen-bond donors (Lipinski definition) is 0. The predicted molar refractivity (Wildman–Crippen MR) is 103 cm³/mol. The van der Waals surface area contributed by atoms with Crippen molar-refractivity contribution in [3.8, 4) is 0 Å². The largest absolute Gasteiger partial charge is 0.369 e. The van der Waals surface area contributed by atoms with Crippen molar-refractivity contribution in [2.45, 2.75) is 6.92 Å². The van der Waals surface area contributed by atoms with Gasteiger partial charge in [-0.1, -0.05) is 29.3 Å². The molecule has 0 aliphatic carbocycles. The standard InChI is InChI=1S/C20H20ClN3O2/c1-14-5-6-18-17(11-14)19(25)20(26)24(18)13-22-7-9-23(10-8-22)16-4-2-3-15(21)12-16/h2-6,11-12H,7-10,13H2,1H3. The highest BCUT2D eigenvalue weighted by atomic mass is 35.5. The van der Waals surface area contributed by atoms with Crippen molar-refractivity contribution in [3.05, 3.63) is 58.6 Å². The van der Waals surface area contributed by atoms with E-state index < -0.39 is 11.7 Å². The number of fused-ring (bicyclic) bond motifs is 1. The van der Waals surface area contributed by atoms with Crippen LogP contribution in [0.4, 0.5) is 11.4 Å². The first kappa shape index (κ1) is 17.1. The topological polar surface area (TPSA) is 43.9 Å². The summed E-state index contributed by atoms with van der Waals surface area (Å²) < 4.78 is 0. The smallest absolute Gasteiger partial charge is 0.300 e. The monoisotopic (exact) mass is 369 g/mol. The highest BCUT2D eigenvalue weighted by Crippen LogP contribution is 2.30. The normalized spacial score (nSPS) is 17.8. The number of halogens is 1. The van der Waals surface area contributed by atoms with Crippen LogP contribution in [0.25, 0.3) is 0 Å². The number of piperazine rings is 1. The number of carbonyl (C=O) groups is 2. The maximum Gasteiger partial charge on any atom is 0.300 e. The zero-order chi connectivity index (χ0) is 18.3. The summed E-state index contributed by atoms with van der Waals surface area (Å²) in [5, 5.41) is 0.734. The van der Waals surface area contributed by atoms with E-state index in [9.17, 15) is 9.59 Å². The second-order valence-electron chi connectivity index (χ2n) is 6.81. The highest BCUT2D eigenvalue weighted by Gasteiger charge is 2.36. The number of ketones is 1. The van der Waals surface area contributed by atoms with E-state index in [1.165, 1.54) is 0 Å². The highest BCUT2D eigenvalue weighted by molar-refractivity contribution is 6.52. The van der Waals surface area contributed by atoms with Crippen molar-refractivity contribution in [2.75, 3.05) is 42.6 Å². The summed E-state index contributed by atoms with van der Waals surface area (Å²) in [6.07, 6.45) is 0. The fourth-order valence-electron chi connectivity index (χ4n) is 3.58. The molecule has 4 rings (SSSR count). The van der Waals surface area contributed by atoms with E-state index in [0.29, 0.717) is 12.2 Å². The SMILES string of the molecule is Cc1ccc2c(c1)C(=O)C(=O)N2CN1CCN(c2cccc(Cl)c2)CC1. The molecule has 0 bridgehead atoms. The molecule has 6 heteroatoms. The second-order valence-corrected chi connectivity index (χ2v) is 7.25. The van der Waals surface area contributed by atoms with Gasteiger partial charge in [0, 0.05) is 36.9 Å². The predicted octanol–water partition coefficient (Wildman–Crippen LogP) is 2.96. The van der Waals surface area contributed by atoms with Crippen molar-refractivity contribution in [3.63, 3.8) is 0 Å². The molecule has 26 heavy (non-hydrogen) atoms. The number of Topliss-reactive ketones (excluding diaryl/α,β-unsaturated/α-hetero) is 1. The number of anilines is 2. The third-order valence-electron chi connectivity index (χ3n) is 5.01. The van der Waals surface area contributed by atoms with Crippen molar-refractivity contribution >= 4 is 34.7 Å². The first-order chi connectivity index (χ1) is 12.5. The molecular formula is C20H20ClN3O2. The number of carbonyl (C=O) groups excluding carboxylic acids is 2. The van der Waals surface area contributed by atoms with Crippen molar-refractivity contribution < 1.29 is 9.59 Å². The Bertz CT molecular complexity index is 875. The Kier molecular flexibility index (Phi) is 4.42. The van der Waals surface area contributed by atoms with Crippen LogP contribution in [-0.2, 0) is 4.79 Å². The molecule has 2 aliphatic heterocycles. The van der Waals surface area contributed by atoms with Crippen molar-refractivity contribution in [2.24, 2.45) is 0 Å². The number of nitrogens with zero attached hydrogens (tertiary/aromatic N) is 3. The van der Waals surface area contributed by atoms with Crippen LogP contribution >= 0.6 is 11.6 Å². The van der Waals surface area contributed by atoms with Gasteiger partial charge in [-0.15, -0.1) is 0 Å². The van der Waals surface area contributed by atoms with Crippen LogP contribution in [0.5, 0.6) is 0 Å². The quantitative estimate of drug-likeness (QED) is 0.780. The van der Waals surface area contributed by atoms with Crippen molar-refractivity contribution in [1.82, 2.24) is 4.90 Å². The molecular weight excluding hydrogens is 350 g/mol. The van der Waals surface area contributed by atoms with Gasteiger partial charge in [0.05, 0.1) is 17.9 Å². The third-order valence-corrected chi connectivity index (χ3v) is 5.25. The molecule has 134 valence electrons. The Morgan fingerprint density at radius 2 is 1.77 bits per heavy atom. The molecule has 0 radical (unpaired) electrons. The summed E-state index contributed by atoms with van der Waals surface area (Å²) in [7, 11) is 0. The summed E-state index contributed by atoms with van der Waals surface area (Å²) in [5.74, 6) is -0.830. The minimum absolute atomic E-state index is 0.402. The van der Waals surface area contributed by atoms with Crippen LogP contribution in [-0.4, -0.2) is 49.4 Å².